The van der Waals surface area contributed by atoms with Crippen LogP contribution < -0.4 is 14.4 Å². The Morgan fingerprint density at radius 3 is 2.83 bits per heavy atom. The number of aryl methyl sites for hydroxylation is 1. The molecule has 0 N–H and O–H groups in total. The lowest BCUT2D eigenvalue weighted by Crippen LogP contribution is -2.43. The Morgan fingerprint density at radius 2 is 1.98 bits per heavy atom. The third-order valence-corrected chi connectivity index (χ3v) is 10.5. The molecule has 250 valence electrons. The summed E-state index contributed by atoms with van der Waals surface area (Å²) in [5, 5.41) is 1.62. The fourth-order valence-electron chi connectivity index (χ4n) is 8.28. The highest BCUT2D eigenvalue weighted by molar-refractivity contribution is 6.05. The SMILES string of the molecule is C#Cc1c(F)ccc2cc(OCOC)cc(-c3cc4c5c(nc(OC[C@@]67CCCN6C[C@H](F)C7)nc5c3F)N3CCCOCC3CC4)c12. The molecule has 4 aliphatic rings. The van der Waals surface area contributed by atoms with Crippen LogP contribution in [0.1, 0.15) is 43.2 Å². The quantitative estimate of drug-likeness (QED) is 0.172. The van der Waals surface area contributed by atoms with E-state index in [1.54, 1.807) is 18.2 Å². The van der Waals surface area contributed by atoms with Crippen LogP contribution in [0, 0.1) is 24.0 Å². The highest BCUT2D eigenvalue weighted by atomic mass is 19.1. The summed E-state index contributed by atoms with van der Waals surface area (Å²) >= 11 is 0. The van der Waals surface area contributed by atoms with E-state index in [-0.39, 0.29) is 42.1 Å². The van der Waals surface area contributed by atoms with Crippen molar-refractivity contribution in [2.24, 2.45) is 0 Å². The Bertz CT molecular complexity index is 1950. The molecule has 0 radical (unpaired) electrons. The fourth-order valence-corrected chi connectivity index (χ4v) is 8.28. The van der Waals surface area contributed by atoms with Crippen LogP contribution in [0.5, 0.6) is 11.8 Å². The van der Waals surface area contributed by atoms with Crippen molar-refractivity contribution in [2.75, 3.05) is 58.3 Å². The van der Waals surface area contributed by atoms with Gasteiger partial charge >= 0.3 is 6.01 Å². The highest BCUT2D eigenvalue weighted by Gasteiger charge is 2.49. The van der Waals surface area contributed by atoms with Crippen LogP contribution in [0.15, 0.2) is 30.3 Å². The molecule has 0 amide bonds. The molecule has 3 saturated heterocycles. The molecule has 3 atom stereocenters. The minimum atomic E-state index is -0.910. The van der Waals surface area contributed by atoms with Crippen molar-refractivity contribution in [2.45, 2.75) is 56.3 Å². The molecule has 1 aromatic heterocycles. The monoisotopic (exact) mass is 658 g/mol. The number of fused-ring (bicyclic) bond motifs is 4. The summed E-state index contributed by atoms with van der Waals surface area (Å²) in [5.74, 6) is 2.33. The number of terminal acetylenes is 1. The van der Waals surface area contributed by atoms with E-state index >= 15 is 8.78 Å². The van der Waals surface area contributed by atoms with E-state index in [2.05, 4.69) is 15.7 Å². The maximum absolute atomic E-state index is 17.3. The van der Waals surface area contributed by atoms with E-state index in [4.69, 9.17) is 35.3 Å². The number of alkyl halides is 1. The Hall–Kier alpha value is -4.11. The number of hydrogen-bond acceptors (Lipinski definition) is 8. The van der Waals surface area contributed by atoms with Crippen LogP contribution in [-0.2, 0) is 15.9 Å². The van der Waals surface area contributed by atoms with Crippen molar-refractivity contribution in [3.63, 3.8) is 0 Å². The lowest BCUT2D eigenvalue weighted by Gasteiger charge is -2.31. The van der Waals surface area contributed by atoms with E-state index < -0.39 is 23.3 Å². The summed E-state index contributed by atoms with van der Waals surface area (Å²) in [5.41, 5.74) is 1.18. The maximum atomic E-state index is 17.3. The molecule has 8 rings (SSSR count). The fraction of sp³-hybridized carbons (Fsp3) is 0.459. The van der Waals surface area contributed by atoms with Crippen LogP contribution >= 0.6 is 0 Å². The molecule has 5 heterocycles. The average Bonchev–Trinajstić information content (AvgIpc) is 3.44. The predicted molar refractivity (Wildman–Crippen MR) is 176 cm³/mol. The average molecular weight is 659 g/mol. The molecule has 11 heteroatoms. The molecule has 0 aliphatic carbocycles. The van der Waals surface area contributed by atoms with Gasteiger partial charge in [-0.2, -0.15) is 9.97 Å². The number of ether oxygens (including phenoxy) is 4. The van der Waals surface area contributed by atoms with Gasteiger partial charge in [-0.1, -0.05) is 12.0 Å². The number of nitrogens with zero attached hydrogens (tertiary/aromatic N) is 4. The molecule has 4 aliphatic heterocycles. The van der Waals surface area contributed by atoms with Gasteiger partial charge in [-0.25, -0.2) is 13.2 Å². The van der Waals surface area contributed by atoms with Gasteiger partial charge in [0, 0.05) is 49.6 Å². The first-order valence-electron chi connectivity index (χ1n) is 16.6. The molecule has 3 aromatic carbocycles. The van der Waals surface area contributed by atoms with Crippen molar-refractivity contribution in [3.05, 3.63) is 53.1 Å². The molecule has 0 bridgehead atoms. The summed E-state index contributed by atoms with van der Waals surface area (Å²) in [7, 11) is 1.51. The second-order valence-electron chi connectivity index (χ2n) is 13.3. The number of aromatic nitrogens is 2. The van der Waals surface area contributed by atoms with E-state index in [1.807, 2.05) is 6.07 Å². The van der Waals surface area contributed by atoms with Gasteiger partial charge in [-0.15, -0.1) is 6.42 Å². The van der Waals surface area contributed by atoms with Crippen LogP contribution in [0.3, 0.4) is 0 Å². The highest BCUT2D eigenvalue weighted by Crippen LogP contribution is 2.45. The van der Waals surface area contributed by atoms with E-state index in [0.29, 0.717) is 72.4 Å². The first kappa shape index (κ1) is 31.2. The molecular weight excluding hydrogens is 621 g/mol. The summed E-state index contributed by atoms with van der Waals surface area (Å²) in [6.45, 7) is 3.25. The van der Waals surface area contributed by atoms with Crippen LogP contribution in [0.2, 0.25) is 0 Å². The van der Waals surface area contributed by atoms with Crippen LogP contribution in [0.4, 0.5) is 19.0 Å². The largest absolute Gasteiger partial charge is 0.468 e. The zero-order chi connectivity index (χ0) is 33.0. The molecule has 4 aromatic rings. The lowest BCUT2D eigenvalue weighted by molar-refractivity contribution is 0.0512. The maximum Gasteiger partial charge on any atom is 0.319 e. The van der Waals surface area contributed by atoms with Gasteiger partial charge in [-0.05, 0) is 79.4 Å². The van der Waals surface area contributed by atoms with Crippen molar-refractivity contribution < 1.29 is 32.1 Å². The first-order valence-corrected chi connectivity index (χ1v) is 16.6. The predicted octanol–water partition coefficient (Wildman–Crippen LogP) is 6.19. The van der Waals surface area contributed by atoms with Crippen LogP contribution in [0.25, 0.3) is 32.8 Å². The van der Waals surface area contributed by atoms with Gasteiger partial charge in [0.05, 0.1) is 23.8 Å². The van der Waals surface area contributed by atoms with Crippen molar-refractivity contribution in [1.29, 1.82) is 0 Å². The number of methoxy groups -OCH3 is 1. The van der Waals surface area contributed by atoms with Crippen molar-refractivity contribution in [1.82, 2.24) is 14.9 Å². The third kappa shape index (κ3) is 5.21. The minimum Gasteiger partial charge on any atom is -0.468 e. The molecule has 0 spiro atoms. The second-order valence-corrected chi connectivity index (χ2v) is 13.3. The Kier molecular flexibility index (Phi) is 8.06. The molecule has 8 nitrogen and oxygen atoms in total. The lowest BCUT2D eigenvalue weighted by atomic mass is 9.91. The van der Waals surface area contributed by atoms with E-state index in [1.165, 1.54) is 13.2 Å². The topological polar surface area (TPSA) is 69.2 Å². The van der Waals surface area contributed by atoms with Crippen LogP contribution in [-0.4, -0.2) is 86.0 Å². The standard InChI is InChI=1S/C37H37F3N4O4/c1-3-27-30(39)9-7-22-14-26(48-21-45-2)16-28(31(22)27)29-15-23-6-8-25-19-46-13-5-12-44(25)35-32(23)34(33(29)40)41-36(42-35)47-20-37-10-4-11-43(37)18-24(38)17-37/h1,7,9,14-16,24-25H,4-6,8,10-13,17-21H2,2H3/t24-,25?,37+/m1/s1. The third-order valence-electron chi connectivity index (χ3n) is 10.5. The Morgan fingerprint density at radius 1 is 1.08 bits per heavy atom. The number of rotatable bonds is 7. The normalized spacial score (nSPS) is 23.9. The van der Waals surface area contributed by atoms with Gasteiger partial charge in [0.2, 0.25) is 0 Å². The van der Waals surface area contributed by atoms with E-state index in [0.717, 1.165) is 37.8 Å². The summed E-state index contributed by atoms with van der Waals surface area (Å²) in [6, 6.07) is 8.19. The minimum absolute atomic E-state index is 0.0251. The summed E-state index contributed by atoms with van der Waals surface area (Å²) < 4.78 is 70.2. The number of anilines is 1. The van der Waals surface area contributed by atoms with Gasteiger partial charge in [0.25, 0.3) is 0 Å². The zero-order valence-corrected chi connectivity index (χ0v) is 26.9. The number of halogens is 3. The molecule has 0 saturated carbocycles. The smallest absolute Gasteiger partial charge is 0.319 e. The first-order chi connectivity index (χ1) is 23.4. The summed E-state index contributed by atoms with van der Waals surface area (Å²) in [4.78, 5) is 14.0. The van der Waals surface area contributed by atoms with E-state index in [9.17, 15) is 4.39 Å². The van der Waals surface area contributed by atoms with Gasteiger partial charge in [0.15, 0.2) is 12.6 Å². The van der Waals surface area contributed by atoms with Crippen molar-refractivity contribution >= 4 is 27.5 Å². The van der Waals surface area contributed by atoms with Gasteiger partial charge in [-0.3, -0.25) is 4.90 Å². The second kappa shape index (κ2) is 12.4. The molecule has 3 fully saturated rings. The Labute approximate surface area is 277 Å². The molecule has 1 unspecified atom stereocenters. The van der Waals surface area contributed by atoms with Gasteiger partial charge in [0.1, 0.15) is 35.7 Å². The Balaban J connectivity index is 1.33. The zero-order valence-electron chi connectivity index (χ0n) is 26.9. The number of hydrogen-bond donors (Lipinski definition) is 0. The number of benzene rings is 3. The van der Waals surface area contributed by atoms with Gasteiger partial charge < -0.3 is 23.8 Å². The molecule has 48 heavy (non-hydrogen) atoms. The van der Waals surface area contributed by atoms with Crippen molar-refractivity contribution in [3.8, 4) is 35.2 Å². The molecular formula is C37H37F3N4O4. The summed E-state index contributed by atoms with van der Waals surface area (Å²) in [6.07, 6.45) is 9.28.